The first-order valence-electron chi connectivity index (χ1n) is 5.91. The second-order valence-corrected chi connectivity index (χ2v) is 4.10. The highest BCUT2D eigenvalue weighted by molar-refractivity contribution is 4.99. The number of unbranched alkanes of at least 4 members (excludes halogenated alkanes) is 3. The Morgan fingerprint density at radius 2 is 2.06 bits per heavy atom. The molecule has 1 heteroatoms. The summed E-state index contributed by atoms with van der Waals surface area (Å²) in [6.07, 6.45) is 18.5. The van der Waals surface area contributed by atoms with Crippen molar-refractivity contribution in [2.24, 2.45) is 0 Å². The lowest BCUT2D eigenvalue weighted by Gasteiger charge is -2.06. The van der Waals surface area contributed by atoms with Gasteiger partial charge in [-0.15, -0.1) is 24.7 Å². The minimum absolute atomic E-state index is 0.352. The van der Waals surface area contributed by atoms with Gasteiger partial charge in [0.05, 0.1) is 6.10 Å². The fraction of sp³-hybridized carbons (Fsp3) is 0.600. The van der Waals surface area contributed by atoms with Crippen molar-refractivity contribution in [3.05, 3.63) is 11.6 Å². The van der Waals surface area contributed by atoms with E-state index < -0.39 is 0 Å². The molecule has 0 heterocycles. The Morgan fingerprint density at radius 3 is 2.69 bits per heavy atom. The second kappa shape index (κ2) is 10.3. The Hall–Kier alpha value is -1.18. The molecule has 0 radical (unpaired) electrons. The number of terminal acetylenes is 2. The van der Waals surface area contributed by atoms with Crippen LogP contribution in [0.15, 0.2) is 11.6 Å². The lowest BCUT2D eigenvalue weighted by molar-refractivity contribution is 0.170. The Bertz CT molecular complexity index is 275. The average molecular weight is 218 g/mol. The minimum Gasteiger partial charge on any atom is -0.392 e. The Kier molecular flexibility index (Phi) is 9.58. The first-order valence-corrected chi connectivity index (χ1v) is 5.91. The van der Waals surface area contributed by atoms with Crippen molar-refractivity contribution in [3.63, 3.8) is 0 Å². The summed E-state index contributed by atoms with van der Waals surface area (Å²) in [5.74, 6) is 5.11. The normalized spacial score (nSPS) is 12.9. The minimum atomic E-state index is -0.352. The summed E-state index contributed by atoms with van der Waals surface area (Å²) in [4.78, 5) is 0. The highest BCUT2D eigenvalue weighted by Crippen LogP contribution is 2.11. The Labute approximate surface area is 100.0 Å². The zero-order valence-corrected chi connectivity index (χ0v) is 10.2. The van der Waals surface area contributed by atoms with Crippen molar-refractivity contribution in [2.75, 3.05) is 0 Å². The topological polar surface area (TPSA) is 20.2 Å². The predicted molar refractivity (Wildman–Crippen MR) is 69.7 cm³/mol. The molecule has 88 valence electrons. The summed E-state index contributed by atoms with van der Waals surface area (Å²) in [6.45, 7) is 2.10. The van der Waals surface area contributed by atoms with Gasteiger partial charge in [-0.25, -0.2) is 0 Å². The summed E-state index contributed by atoms with van der Waals surface area (Å²) >= 11 is 0. The van der Waals surface area contributed by atoms with Gasteiger partial charge in [-0.1, -0.05) is 11.6 Å². The van der Waals surface area contributed by atoms with E-state index in [1.165, 1.54) is 5.57 Å². The second-order valence-electron chi connectivity index (χ2n) is 4.10. The first-order chi connectivity index (χ1) is 7.70. The molecule has 1 N–H and O–H groups in total. The van der Waals surface area contributed by atoms with E-state index >= 15 is 0 Å². The molecule has 0 amide bonds. The van der Waals surface area contributed by atoms with Crippen molar-refractivity contribution < 1.29 is 5.11 Å². The third kappa shape index (κ3) is 9.38. The van der Waals surface area contributed by atoms with Gasteiger partial charge in [-0.05, 0) is 39.0 Å². The molecule has 0 spiro atoms. The summed E-state index contributed by atoms with van der Waals surface area (Å²) in [6, 6.07) is 0. The van der Waals surface area contributed by atoms with Crippen LogP contribution in [-0.4, -0.2) is 11.2 Å². The van der Waals surface area contributed by atoms with Crippen LogP contribution >= 0.6 is 0 Å². The van der Waals surface area contributed by atoms with Gasteiger partial charge in [-0.3, -0.25) is 0 Å². The monoisotopic (exact) mass is 218 g/mol. The molecule has 0 aromatic heterocycles. The van der Waals surface area contributed by atoms with Crippen molar-refractivity contribution in [1.82, 2.24) is 0 Å². The van der Waals surface area contributed by atoms with Gasteiger partial charge in [0, 0.05) is 12.8 Å². The molecular formula is C15H22O. The number of aliphatic hydroxyl groups excluding tert-OH is 1. The van der Waals surface area contributed by atoms with Crippen molar-refractivity contribution in [1.29, 1.82) is 0 Å². The quantitative estimate of drug-likeness (QED) is 0.376. The molecule has 1 nitrogen and oxygen atoms in total. The molecule has 16 heavy (non-hydrogen) atoms. The number of allylic oxidation sites excluding steroid dienone is 2. The van der Waals surface area contributed by atoms with E-state index in [0.717, 1.165) is 38.5 Å². The lowest BCUT2D eigenvalue weighted by Crippen LogP contribution is -2.04. The highest BCUT2D eigenvalue weighted by atomic mass is 16.3. The molecule has 1 unspecified atom stereocenters. The van der Waals surface area contributed by atoms with Crippen LogP contribution in [0.1, 0.15) is 51.9 Å². The number of hydrogen-bond donors (Lipinski definition) is 1. The predicted octanol–water partition coefficient (Wildman–Crippen LogP) is 3.29. The van der Waals surface area contributed by atoms with Crippen molar-refractivity contribution >= 4 is 0 Å². The molecule has 0 saturated carbocycles. The van der Waals surface area contributed by atoms with E-state index in [-0.39, 0.29) is 6.10 Å². The molecule has 0 rings (SSSR count). The summed E-state index contributed by atoms with van der Waals surface area (Å²) in [5, 5.41) is 9.45. The van der Waals surface area contributed by atoms with E-state index in [1.807, 2.05) is 0 Å². The van der Waals surface area contributed by atoms with Crippen LogP contribution in [-0.2, 0) is 0 Å². The molecule has 1 atom stereocenters. The van der Waals surface area contributed by atoms with Gasteiger partial charge in [0.2, 0.25) is 0 Å². The van der Waals surface area contributed by atoms with Gasteiger partial charge >= 0.3 is 0 Å². The van der Waals surface area contributed by atoms with Crippen LogP contribution in [0.3, 0.4) is 0 Å². The molecule has 0 fully saturated rings. The van der Waals surface area contributed by atoms with Crippen LogP contribution in [0.5, 0.6) is 0 Å². The molecule has 0 aliphatic heterocycles. The largest absolute Gasteiger partial charge is 0.392 e. The molecule has 0 saturated heterocycles. The molecule has 0 aromatic rings. The van der Waals surface area contributed by atoms with Gasteiger partial charge in [-0.2, -0.15) is 0 Å². The zero-order valence-electron chi connectivity index (χ0n) is 10.2. The van der Waals surface area contributed by atoms with Gasteiger partial charge in [0.25, 0.3) is 0 Å². The van der Waals surface area contributed by atoms with Crippen LogP contribution in [0.25, 0.3) is 0 Å². The molecule has 0 aliphatic rings. The van der Waals surface area contributed by atoms with Crippen molar-refractivity contribution in [2.45, 2.75) is 58.0 Å². The molecule has 0 bridgehead atoms. The van der Waals surface area contributed by atoms with E-state index in [2.05, 4.69) is 24.8 Å². The maximum Gasteiger partial charge on any atom is 0.0652 e. The highest BCUT2D eigenvalue weighted by Gasteiger charge is 2.01. The lowest BCUT2D eigenvalue weighted by atomic mass is 10.0. The third-order valence-corrected chi connectivity index (χ3v) is 2.49. The Morgan fingerprint density at radius 1 is 1.31 bits per heavy atom. The smallest absolute Gasteiger partial charge is 0.0652 e. The SMILES string of the molecule is C#CCCCC/C=C(\C)CCC(O)CC#C. The Balaban J connectivity index is 3.56. The standard InChI is InChI=1S/C15H22O/c1-4-6-7-8-9-11-14(3)12-13-15(16)10-5-2/h1-2,11,15-16H,6-10,12-13H2,3H3/b14-11+. The molecular weight excluding hydrogens is 196 g/mol. The summed E-state index contributed by atoms with van der Waals surface area (Å²) < 4.78 is 0. The molecule has 0 aliphatic carbocycles. The summed E-state index contributed by atoms with van der Waals surface area (Å²) in [7, 11) is 0. The summed E-state index contributed by atoms with van der Waals surface area (Å²) in [5.41, 5.74) is 1.33. The number of aliphatic hydroxyl groups is 1. The van der Waals surface area contributed by atoms with E-state index in [4.69, 9.17) is 12.8 Å². The number of rotatable bonds is 8. The zero-order chi connectivity index (χ0) is 12.2. The van der Waals surface area contributed by atoms with E-state index in [1.54, 1.807) is 0 Å². The average Bonchev–Trinajstić information content (AvgIpc) is 2.26. The van der Waals surface area contributed by atoms with Crippen LogP contribution in [0, 0.1) is 24.7 Å². The van der Waals surface area contributed by atoms with E-state index in [9.17, 15) is 5.11 Å². The van der Waals surface area contributed by atoms with Gasteiger partial charge in [0.15, 0.2) is 0 Å². The fourth-order valence-corrected chi connectivity index (χ4v) is 1.45. The first kappa shape index (κ1) is 14.8. The third-order valence-electron chi connectivity index (χ3n) is 2.49. The number of hydrogen-bond acceptors (Lipinski definition) is 1. The maximum atomic E-state index is 9.45. The fourth-order valence-electron chi connectivity index (χ4n) is 1.45. The van der Waals surface area contributed by atoms with Gasteiger partial charge < -0.3 is 5.11 Å². The van der Waals surface area contributed by atoms with Crippen LogP contribution in [0.4, 0.5) is 0 Å². The van der Waals surface area contributed by atoms with E-state index in [0.29, 0.717) is 6.42 Å². The van der Waals surface area contributed by atoms with Crippen LogP contribution < -0.4 is 0 Å². The van der Waals surface area contributed by atoms with Gasteiger partial charge in [0.1, 0.15) is 0 Å². The molecule has 0 aromatic carbocycles. The maximum absolute atomic E-state index is 9.45. The van der Waals surface area contributed by atoms with Crippen molar-refractivity contribution in [3.8, 4) is 24.7 Å². The van der Waals surface area contributed by atoms with Crippen LogP contribution in [0.2, 0.25) is 0 Å².